The largest absolute Gasteiger partial charge is 0.490 e. The molecule has 19 heavy (non-hydrogen) atoms. The summed E-state index contributed by atoms with van der Waals surface area (Å²) in [5.74, 6) is 1.23. The van der Waals surface area contributed by atoms with Crippen LogP contribution in [0.3, 0.4) is 0 Å². The van der Waals surface area contributed by atoms with Gasteiger partial charge in [-0.15, -0.1) is 0 Å². The second-order valence-electron chi connectivity index (χ2n) is 4.11. The number of carbonyl (C=O) groups excluding carboxylic acids is 1. The van der Waals surface area contributed by atoms with Gasteiger partial charge in [-0.05, 0) is 23.8 Å². The van der Waals surface area contributed by atoms with Gasteiger partial charge in [-0.3, -0.25) is 9.63 Å². The Morgan fingerprint density at radius 2 is 2.05 bits per heavy atom. The summed E-state index contributed by atoms with van der Waals surface area (Å²) in [6.07, 6.45) is 4.03. The first-order valence-electron chi connectivity index (χ1n) is 6.10. The van der Waals surface area contributed by atoms with Crippen molar-refractivity contribution < 1.29 is 19.1 Å². The molecule has 0 atom stereocenters. The van der Waals surface area contributed by atoms with E-state index >= 15 is 0 Å². The minimum absolute atomic E-state index is 0.227. The Labute approximate surface area is 112 Å². The number of ether oxygens (including phenoxy) is 2. The molecule has 2 rings (SSSR count). The van der Waals surface area contributed by atoms with Crippen molar-refractivity contribution in [2.24, 2.45) is 0 Å². The first-order chi connectivity index (χ1) is 9.20. The Hall–Kier alpha value is -2.01. The highest BCUT2D eigenvalue weighted by Gasteiger charge is 2.10. The molecule has 0 saturated heterocycles. The van der Waals surface area contributed by atoms with Crippen LogP contribution in [0.15, 0.2) is 24.3 Å². The molecule has 1 aliphatic rings. The second-order valence-corrected chi connectivity index (χ2v) is 4.11. The van der Waals surface area contributed by atoms with Crippen molar-refractivity contribution in [1.82, 2.24) is 5.06 Å². The summed E-state index contributed by atoms with van der Waals surface area (Å²) in [4.78, 5) is 16.3. The number of likely N-dealkylation sites (N-methyl/N-ethyl adjacent to an activating group) is 1. The molecule has 1 heterocycles. The van der Waals surface area contributed by atoms with E-state index in [0.717, 1.165) is 22.8 Å². The summed E-state index contributed by atoms with van der Waals surface area (Å²) >= 11 is 0. The van der Waals surface area contributed by atoms with E-state index in [0.29, 0.717) is 19.0 Å². The molecule has 1 aromatic carbocycles. The fraction of sp³-hybridized carbons (Fsp3) is 0.357. The van der Waals surface area contributed by atoms with Crippen LogP contribution in [0.4, 0.5) is 0 Å². The van der Waals surface area contributed by atoms with Gasteiger partial charge in [-0.1, -0.05) is 6.07 Å². The highest BCUT2D eigenvalue weighted by molar-refractivity contribution is 5.90. The predicted octanol–water partition coefficient (Wildman–Crippen LogP) is 1.88. The molecule has 5 nitrogen and oxygen atoms in total. The van der Waals surface area contributed by atoms with E-state index in [-0.39, 0.29) is 5.91 Å². The molecule has 1 aliphatic heterocycles. The van der Waals surface area contributed by atoms with Gasteiger partial charge >= 0.3 is 0 Å². The van der Waals surface area contributed by atoms with Crippen LogP contribution in [-0.4, -0.2) is 38.3 Å². The molecule has 1 aromatic rings. The lowest BCUT2D eigenvalue weighted by Crippen LogP contribution is -2.22. The van der Waals surface area contributed by atoms with E-state index < -0.39 is 0 Å². The zero-order valence-corrected chi connectivity index (χ0v) is 11.1. The van der Waals surface area contributed by atoms with E-state index in [9.17, 15) is 4.79 Å². The zero-order chi connectivity index (χ0) is 13.7. The quantitative estimate of drug-likeness (QED) is 0.617. The average molecular weight is 263 g/mol. The minimum Gasteiger partial charge on any atom is -0.490 e. The average Bonchev–Trinajstić information content (AvgIpc) is 2.68. The number of nitrogens with zero attached hydrogens (tertiary/aromatic N) is 1. The molecular weight excluding hydrogens is 246 g/mol. The fourth-order valence-corrected chi connectivity index (χ4v) is 1.65. The number of fused-ring (bicyclic) bond motifs is 1. The predicted molar refractivity (Wildman–Crippen MR) is 70.9 cm³/mol. The Kier molecular flexibility index (Phi) is 4.41. The third-order valence-corrected chi connectivity index (χ3v) is 2.77. The monoisotopic (exact) mass is 263 g/mol. The van der Waals surface area contributed by atoms with Crippen LogP contribution >= 0.6 is 0 Å². The molecule has 0 spiro atoms. The van der Waals surface area contributed by atoms with Crippen molar-refractivity contribution in [3.05, 3.63) is 29.8 Å². The van der Waals surface area contributed by atoms with Crippen molar-refractivity contribution in [1.29, 1.82) is 0 Å². The van der Waals surface area contributed by atoms with Crippen molar-refractivity contribution in [2.75, 3.05) is 27.4 Å². The standard InChI is InChI=1S/C14H17NO4/c1-15(17-2)14(16)7-5-11-4-6-12-13(10-11)19-9-3-8-18-12/h4-7,10H,3,8-9H2,1-2H3. The van der Waals surface area contributed by atoms with E-state index in [2.05, 4.69) is 0 Å². The molecule has 0 N–H and O–H groups in total. The molecule has 0 aliphatic carbocycles. The van der Waals surface area contributed by atoms with Gasteiger partial charge in [-0.25, -0.2) is 5.06 Å². The molecule has 5 heteroatoms. The van der Waals surface area contributed by atoms with Crippen LogP contribution in [0.5, 0.6) is 11.5 Å². The van der Waals surface area contributed by atoms with Crippen molar-refractivity contribution in [3.63, 3.8) is 0 Å². The van der Waals surface area contributed by atoms with Crippen LogP contribution in [0.25, 0.3) is 6.08 Å². The van der Waals surface area contributed by atoms with Gasteiger partial charge in [-0.2, -0.15) is 0 Å². The lowest BCUT2D eigenvalue weighted by molar-refractivity contribution is -0.162. The number of hydrogen-bond donors (Lipinski definition) is 0. The van der Waals surface area contributed by atoms with Gasteiger partial charge in [0.15, 0.2) is 11.5 Å². The number of hydroxylamine groups is 2. The number of carbonyl (C=O) groups is 1. The maximum atomic E-state index is 11.5. The SMILES string of the molecule is CON(C)C(=O)C=Cc1ccc2c(c1)OCCCO2. The van der Waals surface area contributed by atoms with E-state index in [4.69, 9.17) is 14.3 Å². The lowest BCUT2D eigenvalue weighted by Gasteiger charge is -2.10. The van der Waals surface area contributed by atoms with E-state index in [1.54, 1.807) is 13.1 Å². The third-order valence-electron chi connectivity index (χ3n) is 2.77. The van der Waals surface area contributed by atoms with Gasteiger partial charge in [0.2, 0.25) is 0 Å². The summed E-state index contributed by atoms with van der Waals surface area (Å²) in [5.41, 5.74) is 0.877. The summed E-state index contributed by atoms with van der Waals surface area (Å²) in [6, 6.07) is 5.59. The van der Waals surface area contributed by atoms with Gasteiger partial charge in [0.25, 0.3) is 5.91 Å². The molecule has 102 valence electrons. The second kappa shape index (κ2) is 6.24. The van der Waals surface area contributed by atoms with Gasteiger partial charge < -0.3 is 9.47 Å². The number of hydrogen-bond acceptors (Lipinski definition) is 4. The summed E-state index contributed by atoms with van der Waals surface area (Å²) in [6.45, 7) is 1.31. The maximum absolute atomic E-state index is 11.5. The molecule has 0 fully saturated rings. The summed E-state index contributed by atoms with van der Waals surface area (Å²) < 4.78 is 11.1. The summed E-state index contributed by atoms with van der Waals surface area (Å²) in [5, 5.41) is 1.15. The molecule has 0 aromatic heterocycles. The fourth-order valence-electron chi connectivity index (χ4n) is 1.65. The van der Waals surface area contributed by atoms with Gasteiger partial charge in [0.1, 0.15) is 0 Å². The number of rotatable bonds is 3. The van der Waals surface area contributed by atoms with E-state index in [1.165, 1.54) is 13.2 Å². The van der Waals surface area contributed by atoms with Crippen LogP contribution in [0.1, 0.15) is 12.0 Å². The van der Waals surface area contributed by atoms with Crippen LogP contribution in [0, 0.1) is 0 Å². The van der Waals surface area contributed by atoms with Crippen LogP contribution in [0.2, 0.25) is 0 Å². The van der Waals surface area contributed by atoms with Crippen LogP contribution < -0.4 is 9.47 Å². The van der Waals surface area contributed by atoms with Gasteiger partial charge in [0.05, 0.1) is 20.3 Å². The van der Waals surface area contributed by atoms with Crippen molar-refractivity contribution >= 4 is 12.0 Å². The van der Waals surface area contributed by atoms with E-state index in [1.807, 2.05) is 18.2 Å². The summed E-state index contributed by atoms with van der Waals surface area (Å²) in [7, 11) is 3.00. The topological polar surface area (TPSA) is 48.0 Å². The van der Waals surface area contributed by atoms with Crippen molar-refractivity contribution in [3.8, 4) is 11.5 Å². The van der Waals surface area contributed by atoms with Gasteiger partial charge in [0, 0.05) is 19.5 Å². The Morgan fingerprint density at radius 3 is 2.79 bits per heavy atom. The lowest BCUT2D eigenvalue weighted by atomic mass is 10.2. The Morgan fingerprint density at radius 1 is 1.32 bits per heavy atom. The molecule has 0 saturated carbocycles. The Balaban J connectivity index is 2.11. The first kappa shape index (κ1) is 13.4. The normalized spacial score (nSPS) is 14.2. The Bertz CT molecular complexity index is 484. The third kappa shape index (κ3) is 3.48. The highest BCUT2D eigenvalue weighted by atomic mass is 16.7. The smallest absolute Gasteiger partial charge is 0.269 e. The zero-order valence-electron chi connectivity index (χ0n) is 11.1. The minimum atomic E-state index is -0.227. The van der Waals surface area contributed by atoms with Crippen molar-refractivity contribution in [2.45, 2.75) is 6.42 Å². The molecule has 0 bridgehead atoms. The maximum Gasteiger partial charge on any atom is 0.269 e. The number of benzene rings is 1. The highest BCUT2D eigenvalue weighted by Crippen LogP contribution is 2.30. The molecule has 1 amide bonds. The first-order valence-corrected chi connectivity index (χ1v) is 6.10. The molecule has 0 radical (unpaired) electrons. The van der Waals surface area contributed by atoms with Crippen LogP contribution in [-0.2, 0) is 9.63 Å². The molecule has 0 unspecified atom stereocenters. The number of amides is 1. The molecular formula is C14H17NO4.